The van der Waals surface area contributed by atoms with Crippen LogP contribution in [0.25, 0.3) is 0 Å². The quantitative estimate of drug-likeness (QED) is 0.747. The van der Waals surface area contributed by atoms with Crippen molar-refractivity contribution in [3.63, 3.8) is 0 Å². The van der Waals surface area contributed by atoms with Crippen LogP contribution in [-0.4, -0.2) is 22.6 Å². The minimum atomic E-state index is -3.77. The summed E-state index contributed by atoms with van der Waals surface area (Å²) in [6.45, 7) is 1.93. The lowest BCUT2D eigenvalue weighted by molar-refractivity contribution is 0.391. The SMILES string of the molecule is CCC(NS(=O)(=O)c1cc(OC)ccc1OC)c1ccc(Br)cc1. The number of halogens is 1. The van der Waals surface area contributed by atoms with Gasteiger partial charge < -0.3 is 9.47 Å². The summed E-state index contributed by atoms with van der Waals surface area (Å²) in [6, 6.07) is 11.9. The monoisotopic (exact) mass is 413 g/mol. The van der Waals surface area contributed by atoms with Gasteiger partial charge in [-0.15, -0.1) is 0 Å². The van der Waals surface area contributed by atoms with Crippen molar-refractivity contribution in [2.75, 3.05) is 14.2 Å². The van der Waals surface area contributed by atoms with Gasteiger partial charge in [-0.2, -0.15) is 0 Å². The molecule has 0 heterocycles. The van der Waals surface area contributed by atoms with E-state index in [-0.39, 0.29) is 16.7 Å². The van der Waals surface area contributed by atoms with E-state index in [0.717, 1.165) is 10.0 Å². The number of hydrogen-bond donors (Lipinski definition) is 1. The molecule has 0 amide bonds. The Hall–Kier alpha value is -1.57. The van der Waals surface area contributed by atoms with Crippen LogP contribution in [0.5, 0.6) is 11.5 Å². The fourth-order valence-electron chi connectivity index (χ4n) is 2.33. The third-order valence-corrected chi connectivity index (χ3v) is 5.66. The van der Waals surface area contributed by atoms with Crippen molar-refractivity contribution in [3.05, 3.63) is 52.5 Å². The first-order chi connectivity index (χ1) is 11.4. The number of ether oxygens (including phenoxy) is 2. The second-order valence-electron chi connectivity index (χ2n) is 5.15. The van der Waals surface area contributed by atoms with E-state index < -0.39 is 10.0 Å². The summed E-state index contributed by atoms with van der Waals surface area (Å²) in [5.74, 6) is 0.724. The van der Waals surface area contributed by atoms with E-state index in [2.05, 4.69) is 20.7 Å². The van der Waals surface area contributed by atoms with Gasteiger partial charge in [0.15, 0.2) is 0 Å². The molecule has 5 nitrogen and oxygen atoms in total. The molecule has 1 N–H and O–H groups in total. The van der Waals surface area contributed by atoms with Crippen LogP contribution < -0.4 is 14.2 Å². The highest BCUT2D eigenvalue weighted by molar-refractivity contribution is 9.10. The maximum absolute atomic E-state index is 12.8. The summed E-state index contributed by atoms with van der Waals surface area (Å²) in [5.41, 5.74) is 0.895. The van der Waals surface area contributed by atoms with Crippen LogP contribution in [0.2, 0.25) is 0 Å². The zero-order valence-corrected chi connectivity index (χ0v) is 16.1. The molecule has 0 radical (unpaired) electrons. The molecular formula is C17H20BrNO4S. The first-order valence-corrected chi connectivity index (χ1v) is 9.68. The van der Waals surface area contributed by atoms with Gasteiger partial charge in [-0.1, -0.05) is 35.0 Å². The first kappa shape index (κ1) is 18.8. The maximum atomic E-state index is 12.8. The molecule has 1 unspecified atom stereocenters. The van der Waals surface area contributed by atoms with E-state index >= 15 is 0 Å². The molecule has 24 heavy (non-hydrogen) atoms. The summed E-state index contributed by atoms with van der Waals surface area (Å²) in [6.07, 6.45) is 0.618. The lowest BCUT2D eigenvalue weighted by Crippen LogP contribution is -2.28. The highest BCUT2D eigenvalue weighted by Gasteiger charge is 2.24. The lowest BCUT2D eigenvalue weighted by atomic mass is 10.1. The van der Waals surface area contributed by atoms with Gasteiger partial charge in [0.05, 0.1) is 14.2 Å². The van der Waals surface area contributed by atoms with Crippen molar-refractivity contribution in [1.82, 2.24) is 4.72 Å². The Morgan fingerprint density at radius 3 is 2.29 bits per heavy atom. The summed E-state index contributed by atoms with van der Waals surface area (Å²) < 4.78 is 39.7. The Bertz CT molecular complexity index is 791. The van der Waals surface area contributed by atoms with Crippen molar-refractivity contribution in [2.24, 2.45) is 0 Å². The van der Waals surface area contributed by atoms with Gasteiger partial charge in [0.25, 0.3) is 0 Å². The van der Waals surface area contributed by atoms with E-state index in [1.54, 1.807) is 12.1 Å². The second kappa shape index (κ2) is 8.00. The molecule has 1 atom stereocenters. The molecule has 0 spiro atoms. The minimum Gasteiger partial charge on any atom is -0.497 e. The highest BCUT2D eigenvalue weighted by atomic mass is 79.9. The molecule has 2 rings (SSSR count). The normalized spacial score (nSPS) is 12.7. The molecule has 0 fully saturated rings. The summed E-state index contributed by atoms with van der Waals surface area (Å²) in [4.78, 5) is 0.0555. The molecule has 0 aliphatic heterocycles. The largest absolute Gasteiger partial charge is 0.497 e. The molecule has 130 valence electrons. The third-order valence-electron chi connectivity index (χ3n) is 3.64. The van der Waals surface area contributed by atoms with Crippen molar-refractivity contribution in [2.45, 2.75) is 24.3 Å². The van der Waals surface area contributed by atoms with Crippen LogP contribution in [0.3, 0.4) is 0 Å². The Morgan fingerprint density at radius 1 is 1.08 bits per heavy atom. The van der Waals surface area contributed by atoms with Gasteiger partial charge in [0.2, 0.25) is 10.0 Å². The number of methoxy groups -OCH3 is 2. The third kappa shape index (κ3) is 4.28. The van der Waals surface area contributed by atoms with Crippen LogP contribution >= 0.6 is 15.9 Å². The van der Waals surface area contributed by atoms with Crippen LogP contribution in [0.4, 0.5) is 0 Å². The number of nitrogens with one attached hydrogen (secondary N) is 1. The average molecular weight is 414 g/mol. The van der Waals surface area contributed by atoms with Crippen LogP contribution in [0, 0.1) is 0 Å². The van der Waals surface area contributed by atoms with Crippen molar-refractivity contribution in [1.29, 1.82) is 0 Å². The molecule has 0 aliphatic rings. The second-order valence-corrected chi connectivity index (χ2v) is 7.75. The Kier molecular flexibility index (Phi) is 6.26. The number of benzene rings is 2. The summed E-state index contributed by atoms with van der Waals surface area (Å²) in [7, 11) is -0.846. The van der Waals surface area contributed by atoms with E-state index in [0.29, 0.717) is 12.2 Å². The molecule has 0 aliphatic carbocycles. The molecule has 0 aromatic heterocycles. The van der Waals surface area contributed by atoms with E-state index in [1.165, 1.54) is 20.3 Å². The Morgan fingerprint density at radius 2 is 1.75 bits per heavy atom. The molecule has 0 bridgehead atoms. The van der Waals surface area contributed by atoms with Gasteiger partial charge in [-0.3, -0.25) is 0 Å². The zero-order valence-electron chi connectivity index (χ0n) is 13.7. The Labute approximate surface area is 151 Å². The summed E-state index contributed by atoms with van der Waals surface area (Å²) in [5, 5.41) is 0. The predicted octanol–water partition coefficient (Wildman–Crippen LogP) is 3.90. The van der Waals surface area contributed by atoms with Crippen molar-refractivity contribution < 1.29 is 17.9 Å². The first-order valence-electron chi connectivity index (χ1n) is 7.41. The van der Waals surface area contributed by atoms with E-state index in [4.69, 9.17) is 9.47 Å². The summed E-state index contributed by atoms with van der Waals surface area (Å²) >= 11 is 3.38. The van der Waals surface area contributed by atoms with Gasteiger partial charge in [-0.25, -0.2) is 13.1 Å². The standard InChI is InChI=1S/C17H20BrNO4S/c1-4-15(12-5-7-13(18)8-6-12)19-24(20,21)17-11-14(22-2)9-10-16(17)23-3/h5-11,15,19H,4H2,1-3H3. The van der Waals surface area contributed by atoms with Crippen molar-refractivity contribution >= 4 is 26.0 Å². The van der Waals surface area contributed by atoms with Crippen molar-refractivity contribution in [3.8, 4) is 11.5 Å². The molecule has 0 saturated carbocycles. The topological polar surface area (TPSA) is 64.6 Å². The fraction of sp³-hybridized carbons (Fsp3) is 0.294. The molecule has 0 saturated heterocycles. The van der Waals surface area contributed by atoms with Crippen LogP contribution in [-0.2, 0) is 10.0 Å². The molecule has 2 aromatic rings. The molecular weight excluding hydrogens is 394 g/mol. The van der Waals surface area contributed by atoms with Crippen LogP contribution in [0.1, 0.15) is 24.9 Å². The van der Waals surface area contributed by atoms with Crippen LogP contribution in [0.15, 0.2) is 51.8 Å². The van der Waals surface area contributed by atoms with Gasteiger partial charge in [-0.05, 0) is 36.2 Å². The number of rotatable bonds is 7. The lowest BCUT2D eigenvalue weighted by Gasteiger charge is -2.19. The fourth-order valence-corrected chi connectivity index (χ4v) is 4.08. The minimum absolute atomic E-state index is 0.0555. The maximum Gasteiger partial charge on any atom is 0.244 e. The smallest absolute Gasteiger partial charge is 0.244 e. The average Bonchev–Trinajstić information content (AvgIpc) is 2.60. The van der Waals surface area contributed by atoms with E-state index in [1.807, 2.05) is 31.2 Å². The highest BCUT2D eigenvalue weighted by Crippen LogP contribution is 2.30. The predicted molar refractivity (Wildman–Crippen MR) is 97.0 cm³/mol. The van der Waals surface area contributed by atoms with E-state index in [9.17, 15) is 8.42 Å². The molecule has 2 aromatic carbocycles. The zero-order chi connectivity index (χ0) is 17.7. The number of hydrogen-bond acceptors (Lipinski definition) is 4. The number of sulfonamides is 1. The molecule has 7 heteroatoms. The van der Waals surface area contributed by atoms with Gasteiger partial charge in [0, 0.05) is 16.6 Å². The Balaban J connectivity index is 2.37. The van der Waals surface area contributed by atoms with Gasteiger partial charge >= 0.3 is 0 Å². The van der Waals surface area contributed by atoms with Gasteiger partial charge in [0.1, 0.15) is 16.4 Å².